The van der Waals surface area contributed by atoms with E-state index in [0.29, 0.717) is 0 Å². The average molecular weight is 2110 g/mol. The van der Waals surface area contributed by atoms with Crippen LogP contribution in [0.4, 0.5) is 0 Å². The van der Waals surface area contributed by atoms with Crippen LogP contribution in [0.2, 0.25) is 0 Å². The van der Waals surface area contributed by atoms with Gasteiger partial charge >= 0.3 is 0 Å². The average Bonchev–Trinajstić information content (AvgIpc) is 0.748. The molecule has 0 unspecified atom stereocenters. The first kappa shape index (κ1) is 130. The lowest BCUT2D eigenvalue weighted by molar-refractivity contribution is 1.11. The zero-order valence-electron chi connectivity index (χ0n) is 86.1. The lowest BCUT2D eigenvalue weighted by atomic mass is 9.92. The molecule has 0 nitrogen and oxygen atoms in total. The van der Waals surface area contributed by atoms with Crippen molar-refractivity contribution in [1.82, 2.24) is 0 Å². The Morgan fingerprint density at radius 2 is 0.355 bits per heavy atom. The van der Waals surface area contributed by atoms with Gasteiger partial charge in [-0.15, -0.1) is 0 Å². The molecule has 0 aliphatic rings. The van der Waals surface area contributed by atoms with E-state index in [1.165, 1.54) is 250 Å². The largest absolute Gasteiger partial charge is 0.0776 e. The van der Waals surface area contributed by atoms with E-state index in [4.69, 9.17) is 0 Å². The Labute approximate surface area is 880 Å². The summed E-state index contributed by atoms with van der Waals surface area (Å²) >= 11 is 15.3. The Bertz CT molecular complexity index is 5830. The van der Waals surface area contributed by atoms with Gasteiger partial charge in [-0.3, -0.25) is 0 Å². The minimum Gasteiger partial charge on any atom is -0.0776 e. The molecule has 4 heteroatoms. The van der Waals surface area contributed by atoms with Crippen molar-refractivity contribution in [3.63, 3.8) is 0 Å². The van der Waals surface area contributed by atoms with Crippen molar-refractivity contribution in [2.45, 2.75) is 307 Å². The van der Waals surface area contributed by atoms with Gasteiger partial charge in [0.25, 0.3) is 0 Å². The van der Waals surface area contributed by atoms with E-state index in [9.17, 15) is 0 Å². The molecule has 138 heavy (non-hydrogen) atoms. The Hall–Kier alpha value is -9.78. The summed E-state index contributed by atoms with van der Waals surface area (Å²) < 4.78 is 4.58. The number of halogens is 4. The topological polar surface area (TPSA) is 0 Å². The van der Waals surface area contributed by atoms with Gasteiger partial charge in [0.05, 0.1) is 0 Å². The van der Waals surface area contributed by atoms with Gasteiger partial charge in [0.15, 0.2) is 0 Å². The molecule has 0 aromatic heterocycles. The zero-order chi connectivity index (χ0) is 97.7. The number of benzene rings is 15. The first-order valence-corrected chi connectivity index (χ1v) is 49.5. The number of rotatable bonds is 7. The Morgan fingerprint density at radius 3 is 0.594 bits per heavy atom. The van der Waals surface area contributed by atoms with Gasteiger partial charge in [-0.1, -0.05) is 363 Å². The Balaban J connectivity index is 0. The van der Waals surface area contributed by atoms with E-state index in [1.807, 2.05) is 0 Å². The van der Waals surface area contributed by atoms with E-state index >= 15 is 0 Å². The first-order valence-electron chi connectivity index (χ1n) is 46.3. The summed E-state index contributed by atoms with van der Waals surface area (Å²) in [7, 11) is 0. The number of aryl methyl sites for hydroxylation is 25. The molecular formula is C134H178Br4. The number of hydrogen-bond donors (Lipinski definition) is 0. The van der Waals surface area contributed by atoms with Gasteiger partial charge in [-0.05, 0) is 496 Å². The van der Waals surface area contributed by atoms with Gasteiger partial charge in [0, 0.05) is 29.0 Å². The summed E-state index contributed by atoms with van der Waals surface area (Å²) in [5.41, 5.74) is 60.5. The molecular weight excluding hydrogens is 1930 g/mol. The molecule has 0 bridgehead atoms. The summed E-state index contributed by atoms with van der Waals surface area (Å²) in [5, 5.41) is 0. The predicted molar refractivity (Wildman–Crippen MR) is 644 cm³/mol. The van der Waals surface area contributed by atoms with Crippen LogP contribution >= 0.6 is 63.7 Å². The number of hydrogen-bond acceptors (Lipinski definition) is 0. The van der Waals surface area contributed by atoms with Gasteiger partial charge < -0.3 is 0 Å². The van der Waals surface area contributed by atoms with Crippen molar-refractivity contribution in [3.05, 3.63) is 472 Å². The second-order valence-electron chi connectivity index (χ2n) is 36.8. The molecule has 15 aromatic carbocycles. The molecule has 0 amide bonds. The molecule has 0 aliphatic heterocycles. The second kappa shape index (κ2) is 62.4. The molecule has 0 radical (unpaired) electrons. The van der Waals surface area contributed by atoms with Crippen molar-refractivity contribution >= 4 is 63.7 Å². The third kappa shape index (κ3) is 39.7. The smallest absolute Gasteiger partial charge is 0.0297 e. The molecule has 742 valence electrons. The lowest BCUT2D eigenvalue weighted by Crippen LogP contribution is -1.99. The van der Waals surface area contributed by atoms with Crippen LogP contribution in [0.15, 0.2) is 267 Å². The van der Waals surface area contributed by atoms with Crippen molar-refractivity contribution in [1.29, 1.82) is 0 Å². The standard InChI is InChI=1S/C18H18Br4.C18H22.C16H18.C15H16.C14H14.C11H16.C10H14.C9H12.2C8H10.7CH4/c1-7-9(3)15(19)13(16(20)10(7)4)14-17(21)11(5)8(2)12(6)18(14)22;1-11-7-17(8-12(2)15(11)5)18-9-13(3)16(6)14(4)10-18;1-11-5-7-15(9-13(11)3)16-8-6-12(2)14(4)10-16;1-12-3-7-14(8-4-12)11-15-9-5-13(2)6-10-15;1-11-3-7-13(8-4-11)14-9-5-12(2)6-10-14;1-5-11-6-8(2)10(4)9(3)7-11;1-7-5-8(2)10(4)9(3)6-7;1-7-4-5-8(2)9(3)6-7;1-7-3-5-8(2)6-4-7;1-7-4-3-5-8(2)6-7;;;;;;;/h1-6H3;7-10H,1-6H3;5-10H,1-4H3;3-10H,11H2,1-2H3;3-10H,1-2H3;6-7H,5H2,1-4H3;5-6H,1-4H3;4-6H,1-3H3;2*3-6H,1-2H3;7*1H4. The third-order valence-corrected chi connectivity index (χ3v) is 29.8. The minimum atomic E-state index is 0. The normalized spacial score (nSPS) is 9.79. The fourth-order valence-electron chi connectivity index (χ4n) is 14.9. The van der Waals surface area contributed by atoms with Crippen molar-refractivity contribution in [2.75, 3.05) is 0 Å². The maximum atomic E-state index is 3.82. The molecule has 0 atom stereocenters. The lowest BCUT2D eigenvalue weighted by Gasteiger charge is -2.22. The van der Waals surface area contributed by atoms with E-state index in [-0.39, 0.29) is 52.0 Å². The summed E-state index contributed by atoms with van der Waals surface area (Å²) in [5.74, 6) is 0. The van der Waals surface area contributed by atoms with E-state index in [1.54, 1.807) is 0 Å². The molecule has 0 aliphatic carbocycles. The van der Waals surface area contributed by atoms with E-state index < -0.39 is 0 Å². The quantitative estimate of drug-likeness (QED) is 0.149. The second-order valence-corrected chi connectivity index (χ2v) is 40.0. The summed E-state index contributed by atoms with van der Waals surface area (Å²) in [6.07, 6.45) is 2.17. The maximum Gasteiger partial charge on any atom is 0.0297 e. The molecule has 0 heterocycles. The van der Waals surface area contributed by atoms with Crippen LogP contribution in [0.25, 0.3) is 44.5 Å². The predicted octanol–water partition coefficient (Wildman–Crippen LogP) is 43.7. The van der Waals surface area contributed by atoms with E-state index in [2.05, 4.69) is 555 Å². The molecule has 15 aromatic rings. The van der Waals surface area contributed by atoms with Gasteiger partial charge in [0.2, 0.25) is 0 Å². The summed E-state index contributed by atoms with van der Waals surface area (Å²) in [6.45, 7) is 75.4. The highest BCUT2D eigenvalue weighted by Crippen LogP contribution is 2.49. The minimum absolute atomic E-state index is 0. The monoisotopic (exact) mass is 2100 g/mol. The third-order valence-electron chi connectivity index (χ3n) is 25.8. The van der Waals surface area contributed by atoms with Crippen molar-refractivity contribution in [3.8, 4) is 44.5 Å². The molecule has 0 fully saturated rings. The van der Waals surface area contributed by atoms with Crippen LogP contribution in [-0.4, -0.2) is 0 Å². The SMILES string of the molecule is C.C.C.C.C.C.C.CCc1cc(C)c(C)c(C)c1.Cc1c(C)c(Br)c(-c2c(Br)c(C)c(C)c(C)c2Br)c(Br)c1C.Cc1cc(-c2cc(C)c(C)c(C)c2)cc(C)c1C.Cc1cc(C)c(C)c(C)c1.Cc1ccc(-c2ccc(C)c(C)c2)cc1C.Cc1ccc(-c2ccc(C)cc2)cc1.Cc1ccc(C)c(C)c1.Cc1ccc(C)cc1.Cc1ccc(Cc2ccc(C)cc2)cc1.Cc1cccc(C)c1. The van der Waals surface area contributed by atoms with Gasteiger partial charge in [-0.25, -0.2) is 0 Å². The molecule has 0 N–H and O–H groups in total. The van der Waals surface area contributed by atoms with Crippen LogP contribution in [0.3, 0.4) is 0 Å². The van der Waals surface area contributed by atoms with Crippen molar-refractivity contribution in [2.24, 2.45) is 0 Å². The fourth-order valence-corrected chi connectivity index (χ4v) is 18.2. The highest BCUT2D eigenvalue weighted by molar-refractivity contribution is 9.11. The van der Waals surface area contributed by atoms with Gasteiger partial charge in [0.1, 0.15) is 0 Å². The Morgan fingerprint density at radius 1 is 0.152 bits per heavy atom. The Kier molecular flexibility index (Phi) is 58.9. The zero-order valence-corrected chi connectivity index (χ0v) is 92.4. The van der Waals surface area contributed by atoms with E-state index in [0.717, 1.165) is 30.7 Å². The highest BCUT2D eigenvalue weighted by atomic mass is 79.9. The maximum absolute atomic E-state index is 3.82. The summed E-state index contributed by atoms with van der Waals surface area (Å²) in [6, 6.07) is 89.7. The first-order chi connectivity index (χ1) is 61.6. The summed E-state index contributed by atoms with van der Waals surface area (Å²) in [4.78, 5) is 0. The molecule has 15 rings (SSSR count). The van der Waals surface area contributed by atoms with Crippen LogP contribution < -0.4 is 0 Å². The van der Waals surface area contributed by atoms with Crippen LogP contribution in [0.1, 0.15) is 265 Å². The molecule has 0 saturated heterocycles. The highest BCUT2D eigenvalue weighted by Gasteiger charge is 2.24. The van der Waals surface area contributed by atoms with Gasteiger partial charge in [-0.2, -0.15) is 0 Å². The van der Waals surface area contributed by atoms with Crippen LogP contribution in [0, 0.1) is 235 Å². The molecule has 0 saturated carbocycles. The molecule has 0 spiro atoms. The van der Waals surface area contributed by atoms with Crippen molar-refractivity contribution < 1.29 is 0 Å². The van der Waals surface area contributed by atoms with Crippen LogP contribution in [-0.2, 0) is 12.8 Å². The fraction of sp³-hybridized carbons (Fsp3) is 0.328. The van der Waals surface area contributed by atoms with Crippen LogP contribution in [0.5, 0.6) is 0 Å².